The summed E-state index contributed by atoms with van der Waals surface area (Å²) >= 11 is 6.20. The summed E-state index contributed by atoms with van der Waals surface area (Å²) in [5.41, 5.74) is 2.69. The molecule has 4 rings (SSSR count). The van der Waals surface area contributed by atoms with Gasteiger partial charge in [0.2, 0.25) is 0 Å². The number of rotatable bonds is 3. The summed E-state index contributed by atoms with van der Waals surface area (Å²) in [6.07, 6.45) is 2.19. The van der Waals surface area contributed by atoms with Crippen molar-refractivity contribution in [3.63, 3.8) is 0 Å². The molecular weight excluding hydrogens is 319 g/mol. The van der Waals surface area contributed by atoms with Crippen LogP contribution < -0.4 is 0 Å². The number of hydrogen-bond acceptors (Lipinski definition) is 2. The average molecular weight is 331 g/mol. The molecule has 0 aliphatic heterocycles. The Morgan fingerprint density at radius 2 is 2.09 bits per heavy atom. The molecule has 0 radical (unpaired) electrons. The van der Waals surface area contributed by atoms with Gasteiger partial charge in [-0.3, -0.25) is 0 Å². The van der Waals surface area contributed by atoms with Crippen molar-refractivity contribution in [3.05, 3.63) is 58.5 Å². The second kappa shape index (κ2) is 5.06. The highest BCUT2D eigenvalue weighted by Gasteiger charge is 2.27. The fourth-order valence-corrected chi connectivity index (χ4v) is 3.03. The minimum absolute atomic E-state index is 0.109. The average Bonchev–Trinajstić information content (AvgIpc) is 3.31. The molecule has 6 heteroatoms. The summed E-state index contributed by atoms with van der Waals surface area (Å²) in [6.45, 7) is 0. The van der Waals surface area contributed by atoms with Gasteiger partial charge < -0.3 is 5.11 Å². The van der Waals surface area contributed by atoms with Gasteiger partial charge in [-0.25, -0.2) is 13.7 Å². The van der Waals surface area contributed by atoms with E-state index in [9.17, 15) is 14.3 Å². The number of nitrogens with zero attached hydrogens (tertiary/aromatic N) is 2. The zero-order valence-electron chi connectivity index (χ0n) is 12.0. The van der Waals surface area contributed by atoms with E-state index < -0.39 is 5.97 Å². The lowest BCUT2D eigenvalue weighted by Gasteiger charge is -2.09. The number of carboxylic acids is 1. The summed E-state index contributed by atoms with van der Waals surface area (Å²) in [7, 11) is 0. The van der Waals surface area contributed by atoms with Crippen molar-refractivity contribution in [1.82, 2.24) is 9.61 Å². The van der Waals surface area contributed by atoms with Crippen molar-refractivity contribution in [3.8, 4) is 11.3 Å². The Labute approximate surface area is 136 Å². The molecule has 1 aliphatic carbocycles. The molecule has 4 nitrogen and oxygen atoms in total. The number of hydrogen-bond donors (Lipinski definition) is 1. The first-order valence-electron chi connectivity index (χ1n) is 7.26. The van der Waals surface area contributed by atoms with E-state index in [1.807, 2.05) is 12.1 Å². The van der Waals surface area contributed by atoms with Gasteiger partial charge in [-0.1, -0.05) is 23.7 Å². The molecule has 2 heterocycles. The number of fused-ring (bicyclic) bond motifs is 1. The maximum absolute atomic E-state index is 13.6. The van der Waals surface area contributed by atoms with Crippen LogP contribution in [0.3, 0.4) is 0 Å². The highest BCUT2D eigenvalue weighted by Crippen LogP contribution is 2.42. The topological polar surface area (TPSA) is 54.6 Å². The van der Waals surface area contributed by atoms with Gasteiger partial charge >= 0.3 is 5.97 Å². The monoisotopic (exact) mass is 330 g/mol. The van der Waals surface area contributed by atoms with E-state index in [4.69, 9.17) is 11.6 Å². The van der Waals surface area contributed by atoms with Crippen molar-refractivity contribution < 1.29 is 14.3 Å². The first-order chi connectivity index (χ1) is 11.0. The lowest BCUT2D eigenvalue weighted by atomic mass is 10.1. The molecule has 0 amide bonds. The Morgan fingerprint density at radius 3 is 2.74 bits per heavy atom. The van der Waals surface area contributed by atoms with Gasteiger partial charge in [-0.2, -0.15) is 5.10 Å². The van der Waals surface area contributed by atoms with Crippen molar-refractivity contribution in [1.29, 1.82) is 0 Å². The van der Waals surface area contributed by atoms with Crippen LogP contribution in [0.25, 0.3) is 16.8 Å². The fourth-order valence-electron chi connectivity index (χ4n) is 2.78. The van der Waals surface area contributed by atoms with Crippen molar-refractivity contribution >= 4 is 23.1 Å². The van der Waals surface area contributed by atoms with Crippen molar-refractivity contribution in [2.45, 2.75) is 18.8 Å². The number of aromatic nitrogens is 2. The van der Waals surface area contributed by atoms with Gasteiger partial charge in [-0.05, 0) is 48.6 Å². The van der Waals surface area contributed by atoms with Gasteiger partial charge in [0.25, 0.3) is 0 Å². The van der Waals surface area contributed by atoms with E-state index >= 15 is 0 Å². The van der Waals surface area contributed by atoms with Gasteiger partial charge in [0.1, 0.15) is 10.8 Å². The Hall–Kier alpha value is -2.40. The molecule has 1 aliphatic rings. The van der Waals surface area contributed by atoms with Gasteiger partial charge in [0, 0.05) is 5.56 Å². The number of carboxylic acid groups (broad SMARTS) is 1. The summed E-state index contributed by atoms with van der Waals surface area (Å²) in [4.78, 5) is 11.3. The third kappa shape index (κ3) is 2.37. The van der Waals surface area contributed by atoms with Crippen LogP contribution >= 0.6 is 11.6 Å². The molecule has 0 saturated heterocycles. The van der Waals surface area contributed by atoms with Gasteiger partial charge in [-0.15, -0.1) is 0 Å². The van der Waals surface area contributed by atoms with Crippen LogP contribution in [0.5, 0.6) is 0 Å². The first kappa shape index (κ1) is 14.2. The number of aromatic carboxylic acids is 1. The normalized spacial score (nSPS) is 14.3. The molecule has 0 spiro atoms. The van der Waals surface area contributed by atoms with E-state index in [0.29, 0.717) is 22.7 Å². The minimum atomic E-state index is -1.18. The largest absolute Gasteiger partial charge is 0.476 e. The quantitative estimate of drug-likeness (QED) is 0.775. The third-order valence-corrected chi connectivity index (χ3v) is 4.44. The molecule has 3 aromatic rings. The predicted octanol–water partition coefficient (Wildman–Crippen LogP) is 4.37. The van der Waals surface area contributed by atoms with Crippen LogP contribution in [0, 0.1) is 5.82 Å². The van der Waals surface area contributed by atoms with E-state index in [2.05, 4.69) is 5.10 Å². The minimum Gasteiger partial charge on any atom is -0.476 e. The Morgan fingerprint density at radius 1 is 1.30 bits per heavy atom. The molecule has 1 fully saturated rings. The smallest absolute Gasteiger partial charge is 0.358 e. The molecule has 1 N–H and O–H groups in total. The van der Waals surface area contributed by atoms with E-state index in [-0.39, 0.29) is 16.5 Å². The predicted molar refractivity (Wildman–Crippen MR) is 84.5 cm³/mol. The number of benzene rings is 1. The fraction of sp³-hybridized carbons (Fsp3) is 0.176. The lowest BCUT2D eigenvalue weighted by Crippen LogP contribution is -2.00. The van der Waals surface area contributed by atoms with Crippen LogP contribution in [-0.2, 0) is 0 Å². The first-order valence-corrected chi connectivity index (χ1v) is 7.64. The molecule has 23 heavy (non-hydrogen) atoms. The molecule has 0 bridgehead atoms. The van der Waals surface area contributed by atoms with E-state index in [1.54, 1.807) is 12.1 Å². The summed E-state index contributed by atoms with van der Waals surface area (Å²) in [5, 5.41) is 13.5. The molecule has 1 saturated carbocycles. The molecule has 116 valence electrons. The second-order valence-corrected chi connectivity index (χ2v) is 6.10. The van der Waals surface area contributed by atoms with Crippen LogP contribution in [0.1, 0.15) is 34.8 Å². The maximum atomic E-state index is 13.6. The molecular formula is C17H12ClFN2O2. The van der Waals surface area contributed by atoms with E-state index in [0.717, 1.165) is 18.4 Å². The summed E-state index contributed by atoms with van der Waals surface area (Å²) in [5.74, 6) is -1.09. The SMILES string of the molecule is O=C(O)c1nn2c(-c3cccc(F)c3)cc(C3CC3)cc2c1Cl. The van der Waals surface area contributed by atoms with Crippen molar-refractivity contribution in [2.75, 3.05) is 0 Å². The van der Waals surface area contributed by atoms with Crippen LogP contribution in [-0.4, -0.2) is 20.7 Å². The molecule has 0 unspecified atom stereocenters. The number of pyridine rings is 1. The highest BCUT2D eigenvalue weighted by molar-refractivity contribution is 6.36. The van der Waals surface area contributed by atoms with Gasteiger partial charge in [0.15, 0.2) is 5.69 Å². The lowest BCUT2D eigenvalue weighted by molar-refractivity contribution is 0.0690. The Kier molecular flexibility index (Phi) is 3.13. The Balaban J connectivity index is 2.04. The zero-order valence-corrected chi connectivity index (χ0v) is 12.7. The highest BCUT2D eigenvalue weighted by atomic mass is 35.5. The van der Waals surface area contributed by atoms with E-state index in [1.165, 1.54) is 16.6 Å². The number of halogens is 2. The second-order valence-electron chi connectivity index (χ2n) is 5.72. The summed E-state index contributed by atoms with van der Waals surface area (Å²) in [6, 6.07) is 9.97. The van der Waals surface area contributed by atoms with Crippen molar-refractivity contribution in [2.24, 2.45) is 0 Å². The Bertz CT molecular complexity index is 947. The standard InChI is InChI=1S/C17H12ClFN2O2/c18-15-14-8-11(9-4-5-9)7-13(10-2-1-3-12(19)6-10)21(14)20-16(15)17(22)23/h1-3,6-9H,4-5H2,(H,22,23). The van der Waals surface area contributed by atoms with Crippen LogP contribution in [0.4, 0.5) is 4.39 Å². The molecule has 2 aromatic heterocycles. The molecule has 1 aromatic carbocycles. The zero-order chi connectivity index (χ0) is 16.1. The summed E-state index contributed by atoms with van der Waals surface area (Å²) < 4.78 is 15.1. The third-order valence-electron chi connectivity index (χ3n) is 4.07. The maximum Gasteiger partial charge on any atom is 0.358 e. The van der Waals surface area contributed by atoms with Gasteiger partial charge in [0.05, 0.1) is 11.2 Å². The number of carbonyl (C=O) groups is 1. The molecule has 0 atom stereocenters. The van der Waals surface area contributed by atoms with Crippen LogP contribution in [0.15, 0.2) is 36.4 Å². The van der Waals surface area contributed by atoms with Crippen LogP contribution in [0.2, 0.25) is 5.02 Å².